The van der Waals surface area contributed by atoms with E-state index in [9.17, 15) is 4.79 Å². The number of methoxy groups -OCH3 is 1. The van der Waals surface area contributed by atoms with Crippen LogP contribution in [0, 0.1) is 0 Å². The van der Waals surface area contributed by atoms with E-state index in [-0.39, 0.29) is 24.4 Å². The molecule has 0 radical (unpaired) electrons. The summed E-state index contributed by atoms with van der Waals surface area (Å²) in [4.78, 5) is 11.7. The van der Waals surface area contributed by atoms with Gasteiger partial charge in [-0.1, -0.05) is 6.07 Å². The average Bonchev–Trinajstić information content (AvgIpc) is 2.35. The molecule has 1 aromatic carbocycles. The van der Waals surface area contributed by atoms with Crippen molar-refractivity contribution in [2.24, 2.45) is 0 Å². The highest BCUT2D eigenvalue weighted by Crippen LogP contribution is 2.12. The van der Waals surface area contributed by atoms with Crippen molar-refractivity contribution < 1.29 is 9.53 Å². The molecule has 1 atom stereocenters. The number of hydrogen-bond donors (Lipinski definition) is 2. The number of benzene rings is 1. The molecular formula is C12H19ClN2O2. The molecule has 0 aliphatic rings. The van der Waals surface area contributed by atoms with Gasteiger partial charge in [-0.05, 0) is 32.2 Å². The van der Waals surface area contributed by atoms with Crippen LogP contribution in [0.4, 0.5) is 0 Å². The van der Waals surface area contributed by atoms with Crippen LogP contribution in [0.2, 0.25) is 0 Å². The van der Waals surface area contributed by atoms with Gasteiger partial charge in [-0.3, -0.25) is 4.79 Å². The first-order chi connectivity index (χ1) is 7.67. The Kier molecular flexibility index (Phi) is 7.34. The van der Waals surface area contributed by atoms with Gasteiger partial charge in [0.2, 0.25) is 0 Å². The first-order valence-corrected chi connectivity index (χ1v) is 5.27. The molecule has 4 nitrogen and oxygen atoms in total. The molecule has 1 aromatic rings. The third-order valence-electron chi connectivity index (χ3n) is 2.39. The summed E-state index contributed by atoms with van der Waals surface area (Å²) in [6, 6.07) is 7.36. The minimum atomic E-state index is -0.0824. The van der Waals surface area contributed by atoms with Crippen LogP contribution in [0.15, 0.2) is 24.3 Å². The van der Waals surface area contributed by atoms with Crippen molar-refractivity contribution in [1.29, 1.82) is 0 Å². The topological polar surface area (TPSA) is 50.4 Å². The fourth-order valence-corrected chi connectivity index (χ4v) is 1.21. The molecule has 17 heavy (non-hydrogen) atoms. The molecule has 5 heteroatoms. The van der Waals surface area contributed by atoms with Crippen molar-refractivity contribution in [2.75, 3.05) is 20.7 Å². The van der Waals surface area contributed by atoms with Gasteiger partial charge in [0.05, 0.1) is 7.11 Å². The lowest BCUT2D eigenvalue weighted by Gasteiger charge is -2.11. The van der Waals surface area contributed by atoms with Gasteiger partial charge in [0.25, 0.3) is 5.91 Å². The number of likely N-dealkylation sites (N-methyl/N-ethyl adjacent to an activating group) is 1. The van der Waals surface area contributed by atoms with Crippen molar-refractivity contribution in [3.8, 4) is 5.75 Å². The number of ether oxygens (including phenoxy) is 1. The second-order valence-electron chi connectivity index (χ2n) is 3.63. The molecule has 0 heterocycles. The Morgan fingerprint density at radius 3 is 2.76 bits per heavy atom. The van der Waals surface area contributed by atoms with Gasteiger partial charge in [-0.15, -0.1) is 12.4 Å². The zero-order valence-electron chi connectivity index (χ0n) is 10.3. The number of carbonyl (C=O) groups excluding carboxylic acids is 1. The predicted octanol–water partition coefficient (Wildman–Crippen LogP) is 1.45. The second kappa shape index (κ2) is 7.92. The number of carbonyl (C=O) groups is 1. The largest absolute Gasteiger partial charge is 0.497 e. The smallest absolute Gasteiger partial charge is 0.251 e. The van der Waals surface area contributed by atoms with E-state index in [1.807, 2.05) is 20.0 Å². The molecule has 96 valence electrons. The fourth-order valence-electron chi connectivity index (χ4n) is 1.21. The highest BCUT2D eigenvalue weighted by molar-refractivity contribution is 5.94. The maximum absolute atomic E-state index is 11.7. The minimum absolute atomic E-state index is 0. The summed E-state index contributed by atoms with van der Waals surface area (Å²) in [5.41, 5.74) is 0.614. The quantitative estimate of drug-likeness (QED) is 0.841. The Balaban J connectivity index is 0.00000256. The summed E-state index contributed by atoms with van der Waals surface area (Å²) >= 11 is 0. The third-order valence-corrected chi connectivity index (χ3v) is 2.39. The number of halogens is 1. The van der Waals surface area contributed by atoms with Gasteiger partial charge in [-0.25, -0.2) is 0 Å². The summed E-state index contributed by atoms with van der Waals surface area (Å²) in [5.74, 6) is 0.607. The fraction of sp³-hybridized carbons (Fsp3) is 0.417. The van der Waals surface area contributed by atoms with E-state index >= 15 is 0 Å². The van der Waals surface area contributed by atoms with E-state index in [0.29, 0.717) is 17.9 Å². The van der Waals surface area contributed by atoms with Gasteiger partial charge in [0.1, 0.15) is 5.75 Å². The van der Waals surface area contributed by atoms with Crippen molar-refractivity contribution in [1.82, 2.24) is 10.6 Å². The standard InChI is InChI=1S/C12H18N2O2.ClH/c1-9(13-2)8-14-12(15)10-5-4-6-11(7-10)16-3;/h4-7,9,13H,8H2,1-3H3,(H,14,15);1H. The molecule has 0 aliphatic carbocycles. The summed E-state index contributed by atoms with van der Waals surface area (Å²) in [6.07, 6.45) is 0. The molecule has 0 fully saturated rings. The summed E-state index contributed by atoms with van der Waals surface area (Å²) in [6.45, 7) is 2.61. The van der Waals surface area contributed by atoms with E-state index < -0.39 is 0 Å². The van der Waals surface area contributed by atoms with E-state index in [1.165, 1.54) is 0 Å². The molecule has 0 spiro atoms. The van der Waals surface area contributed by atoms with Gasteiger partial charge >= 0.3 is 0 Å². The van der Waals surface area contributed by atoms with Gasteiger partial charge in [0.15, 0.2) is 0 Å². The lowest BCUT2D eigenvalue weighted by molar-refractivity contribution is 0.0950. The first-order valence-electron chi connectivity index (χ1n) is 5.27. The summed E-state index contributed by atoms with van der Waals surface area (Å²) in [7, 11) is 3.45. The van der Waals surface area contributed by atoms with Gasteiger partial charge in [0, 0.05) is 18.2 Å². The van der Waals surface area contributed by atoms with Crippen LogP contribution in [0.5, 0.6) is 5.75 Å². The summed E-state index contributed by atoms with van der Waals surface area (Å²) in [5, 5.41) is 5.90. The third kappa shape index (κ3) is 5.06. The highest BCUT2D eigenvalue weighted by atomic mass is 35.5. The lowest BCUT2D eigenvalue weighted by Crippen LogP contribution is -2.37. The van der Waals surface area contributed by atoms with Crippen molar-refractivity contribution >= 4 is 18.3 Å². The zero-order valence-corrected chi connectivity index (χ0v) is 11.1. The van der Waals surface area contributed by atoms with E-state index in [2.05, 4.69) is 10.6 Å². The molecule has 0 bridgehead atoms. The normalized spacial score (nSPS) is 11.2. The van der Waals surface area contributed by atoms with Crippen LogP contribution < -0.4 is 15.4 Å². The minimum Gasteiger partial charge on any atom is -0.497 e. The lowest BCUT2D eigenvalue weighted by atomic mass is 10.2. The van der Waals surface area contributed by atoms with Crippen LogP contribution in [-0.2, 0) is 0 Å². The number of hydrogen-bond acceptors (Lipinski definition) is 3. The molecule has 1 amide bonds. The van der Waals surface area contributed by atoms with Crippen molar-refractivity contribution in [3.63, 3.8) is 0 Å². The molecule has 0 aromatic heterocycles. The number of nitrogens with one attached hydrogen (secondary N) is 2. The molecule has 0 aliphatic heterocycles. The molecular weight excluding hydrogens is 240 g/mol. The Morgan fingerprint density at radius 1 is 1.47 bits per heavy atom. The molecule has 1 rings (SSSR count). The maximum Gasteiger partial charge on any atom is 0.251 e. The monoisotopic (exact) mass is 258 g/mol. The SMILES string of the molecule is CNC(C)CNC(=O)c1cccc(OC)c1.Cl. The van der Waals surface area contributed by atoms with Crippen LogP contribution >= 0.6 is 12.4 Å². The number of rotatable bonds is 5. The first kappa shape index (κ1) is 15.7. The number of amides is 1. The highest BCUT2D eigenvalue weighted by Gasteiger charge is 2.07. The van der Waals surface area contributed by atoms with Crippen molar-refractivity contribution in [3.05, 3.63) is 29.8 Å². The van der Waals surface area contributed by atoms with Crippen molar-refractivity contribution in [2.45, 2.75) is 13.0 Å². The molecule has 2 N–H and O–H groups in total. The zero-order chi connectivity index (χ0) is 12.0. The van der Waals surface area contributed by atoms with Gasteiger partial charge < -0.3 is 15.4 Å². The Morgan fingerprint density at radius 2 is 2.18 bits per heavy atom. The summed E-state index contributed by atoms with van der Waals surface area (Å²) < 4.78 is 5.06. The van der Waals surface area contributed by atoms with Crippen LogP contribution in [0.3, 0.4) is 0 Å². The Hall–Kier alpha value is -1.26. The average molecular weight is 259 g/mol. The van der Waals surface area contributed by atoms with Crippen LogP contribution in [0.25, 0.3) is 0 Å². The Bertz CT molecular complexity index is 358. The predicted molar refractivity (Wildman–Crippen MR) is 71.1 cm³/mol. The van der Waals surface area contributed by atoms with E-state index in [1.54, 1.807) is 25.3 Å². The van der Waals surface area contributed by atoms with E-state index in [4.69, 9.17) is 4.74 Å². The molecule has 1 unspecified atom stereocenters. The van der Waals surface area contributed by atoms with Crippen LogP contribution in [-0.4, -0.2) is 32.7 Å². The van der Waals surface area contributed by atoms with Crippen LogP contribution in [0.1, 0.15) is 17.3 Å². The maximum atomic E-state index is 11.7. The van der Waals surface area contributed by atoms with E-state index in [0.717, 1.165) is 0 Å². The Labute approximate surface area is 108 Å². The van der Waals surface area contributed by atoms with Gasteiger partial charge in [-0.2, -0.15) is 0 Å². The molecule has 0 saturated heterocycles. The second-order valence-corrected chi connectivity index (χ2v) is 3.63. The molecule has 0 saturated carbocycles.